The molecule has 4 nitrogen and oxygen atoms in total. The van der Waals surface area contributed by atoms with Gasteiger partial charge >= 0.3 is 0 Å². The fourth-order valence-corrected chi connectivity index (χ4v) is 1.33. The van der Waals surface area contributed by atoms with E-state index in [4.69, 9.17) is 0 Å². The van der Waals surface area contributed by atoms with Gasteiger partial charge in [0.25, 0.3) is 0 Å². The Kier molecular flexibility index (Phi) is 5.70. The van der Waals surface area contributed by atoms with Crippen molar-refractivity contribution >= 4 is 15.7 Å². The summed E-state index contributed by atoms with van der Waals surface area (Å²) in [5, 5.41) is 2.65. The highest BCUT2D eigenvalue weighted by atomic mass is 32.2. The minimum absolute atomic E-state index is 0.0645. The van der Waals surface area contributed by atoms with Gasteiger partial charge in [0.05, 0.1) is 5.75 Å². The lowest BCUT2D eigenvalue weighted by atomic mass is 10.3. The maximum atomic E-state index is 11.0. The average molecular weight is 207 g/mol. The van der Waals surface area contributed by atoms with Gasteiger partial charge in [0, 0.05) is 19.2 Å². The number of carbonyl (C=O) groups excluding carboxylic acids is 1. The first-order valence-electron chi connectivity index (χ1n) is 4.40. The largest absolute Gasteiger partial charge is 0.356 e. The van der Waals surface area contributed by atoms with Crippen molar-refractivity contribution in [2.24, 2.45) is 0 Å². The monoisotopic (exact) mass is 207 g/mol. The van der Waals surface area contributed by atoms with E-state index in [1.54, 1.807) is 0 Å². The van der Waals surface area contributed by atoms with Crippen molar-refractivity contribution < 1.29 is 13.2 Å². The number of rotatable bonds is 6. The standard InChI is InChI=1S/C8H17NO3S/c1-3-4-6-9-8(10)5-7-13(2,11)12/h3-7H2,1-2H3,(H,9,10). The molecule has 0 aliphatic carbocycles. The maximum Gasteiger partial charge on any atom is 0.221 e. The van der Waals surface area contributed by atoms with E-state index in [2.05, 4.69) is 5.32 Å². The van der Waals surface area contributed by atoms with E-state index in [0.717, 1.165) is 19.1 Å². The third-order valence-corrected chi connectivity index (χ3v) is 2.50. The van der Waals surface area contributed by atoms with Crippen molar-refractivity contribution in [3.8, 4) is 0 Å². The molecule has 0 saturated carbocycles. The van der Waals surface area contributed by atoms with E-state index in [0.29, 0.717) is 6.54 Å². The summed E-state index contributed by atoms with van der Waals surface area (Å²) in [6, 6.07) is 0. The summed E-state index contributed by atoms with van der Waals surface area (Å²) in [5.74, 6) is -0.246. The van der Waals surface area contributed by atoms with Crippen LogP contribution in [-0.4, -0.2) is 32.9 Å². The van der Waals surface area contributed by atoms with E-state index in [-0.39, 0.29) is 18.1 Å². The van der Waals surface area contributed by atoms with E-state index in [1.807, 2.05) is 6.92 Å². The molecule has 0 aromatic heterocycles. The molecule has 0 spiro atoms. The van der Waals surface area contributed by atoms with Crippen LogP contribution in [0.5, 0.6) is 0 Å². The molecule has 0 atom stereocenters. The van der Waals surface area contributed by atoms with E-state index in [9.17, 15) is 13.2 Å². The highest BCUT2D eigenvalue weighted by Gasteiger charge is 2.06. The molecule has 0 radical (unpaired) electrons. The normalized spacial score (nSPS) is 11.2. The lowest BCUT2D eigenvalue weighted by Gasteiger charge is -2.02. The predicted molar refractivity (Wildman–Crippen MR) is 52.2 cm³/mol. The van der Waals surface area contributed by atoms with Crippen molar-refractivity contribution in [1.82, 2.24) is 5.32 Å². The molecule has 0 fully saturated rings. The van der Waals surface area contributed by atoms with Gasteiger partial charge in [-0.1, -0.05) is 13.3 Å². The van der Waals surface area contributed by atoms with Gasteiger partial charge in [-0.15, -0.1) is 0 Å². The third-order valence-electron chi connectivity index (χ3n) is 1.55. The quantitative estimate of drug-likeness (QED) is 0.639. The zero-order valence-corrected chi connectivity index (χ0v) is 8.99. The highest BCUT2D eigenvalue weighted by molar-refractivity contribution is 7.90. The summed E-state index contributed by atoms with van der Waals surface area (Å²) in [4.78, 5) is 11.0. The van der Waals surface area contributed by atoms with Crippen molar-refractivity contribution in [2.75, 3.05) is 18.6 Å². The van der Waals surface area contributed by atoms with E-state index < -0.39 is 9.84 Å². The Hall–Kier alpha value is -0.580. The Morgan fingerprint density at radius 2 is 2.00 bits per heavy atom. The lowest BCUT2D eigenvalue weighted by molar-refractivity contribution is -0.120. The zero-order chi connectivity index (χ0) is 10.3. The van der Waals surface area contributed by atoms with Gasteiger partial charge in [-0.3, -0.25) is 4.79 Å². The topological polar surface area (TPSA) is 63.2 Å². The van der Waals surface area contributed by atoms with Gasteiger partial charge in [0.1, 0.15) is 9.84 Å². The van der Waals surface area contributed by atoms with Crippen LogP contribution >= 0.6 is 0 Å². The number of sulfone groups is 1. The molecule has 13 heavy (non-hydrogen) atoms. The number of nitrogens with one attached hydrogen (secondary N) is 1. The predicted octanol–water partition coefficient (Wildman–Crippen LogP) is 0.337. The van der Waals surface area contributed by atoms with E-state index >= 15 is 0 Å². The third kappa shape index (κ3) is 9.33. The van der Waals surface area contributed by atoms with Crippen LogP contribution < -0.4 is 5.32 Å². The second-order valence-corrected chi connectivity index (χ2v) is 5.34. The van der Waals surface area contributed by atoms with Gasteiger partial charge in [0.2, 0.25) is 5.91 Å². The first-order valence-corrected chi connectivity index (χ1v) is 6.46. The average Bonchev–Trinajstić information content (AvgIpc) is 2.00. The van der Waals surface area contributed by atoms with Crippen molar-refractivity contribution in [3.05, 3.63) is 0 Å². The molecule has 0 bridgehead atoms. The van der Waals surface area contributed by atoms with Gasteiger partial charge in [-0.05, 0) is 6.42 Å². The van der Waals surface area contributed by atoms with Gasteiger partial charge in [-0.2, -0.15) is 0 Å². The number of hydrogen-bond donors (Lipinski definition) is 1. The summed E-state index contributed by atoms with van der Waals surface area (Å²) in [5.41, 5.74) is 0. The molecule has 1 amide bonds. The fourth-order valence-electron chi connectivity index (χ4n) is 0.771. The van der Waals surface area contributed by atoms with Crippen LogP contribution in [0.4, 0.5) is 0 Å². The Balaban J connectivity index is 3.53. The summed E-state index contributed by atoms with van der Waals surface area (Å²) < 4.78 is 21.4. The van der Waals surface area contributed by atoms with Crippen LogP contribution in [0.25, 0.3) is 0 Å². The second-order valence-electron chi connectivity index (χ2n) is 3.08. The molecular formula is C8H17NO3S. The Labute approximate surface area is 79.6 Å². The Bertz CT molecular complexity index is 246. The number of unbranched alkanes of at least 4 members (excludes halogenated alkanes) is 1. The Morgan fingerprint density at radius 1 is 1.38 bits per heavy atom. The van der Waals surface area contributed by atoms with Crippen molar-refractivity contribution in [1.29, 1.82) is 0 Å². The SMILES string of the molecule is CCCCNC(=O)CCS(C)(=O)=O. The van der Waals surface area contributed by atoms with Gasteiger partial charge < -0.3 is 5.32 Å². The molecule has 5 heteroatoms. The zero-order valence-electron chi connectivity index (χ0n) is 8.17. The molecule has 0 aliphatic heterocycles. The molecule has 0 saturated heterocycles. The van der Waals surface area contributed by atoms with E-state index in [1.165, 1.54) is 0 Å². The number of hydrogen-bond acceptors (Lipinski definition) is 3. The fraction of sp³-hybridized carbons (Fsp3) is 0.875. The molecule has 1 N–H and O–H groups in total. The molecule has 0 heterocycles. The number of carbonyl (C=O) groups is 1. The molecule has 0 aliphatic rings. The summed E-state index contributed by atoms with van der Waals surface area (Å²) in [7, 11) is -3.01. The van der Waals surface area contributed by atoms with Gasteiger partial charge in [-0.25, -0.2) is 8.42 Å². The molecular weight excluding hydrogens is 190 g/mol. The lowest BCUT2D eigenvalue weighted by Crippen LogP contribution is -2.26. The van der Waals surface area contributed by atoms with Gasteiger partial charge in [0.15, 0.2) is 0 Å². The van der Waals surface area contributed by atoms with Crippen LogP contribution in [0, 0.1) is 0 Å². The molecule has 0 rings (SSSR count). The summed E-state index contributed by atoms with van der Waals surface area (Å²) in [6.45, 7) is 2.67. The summed E-state index contributed by atoms with van der Waals surface area (Å²) in [6.07, 6.45) is 3.16. The van der Waals surface area contributed by atoms with Crippen LogP contribution in [0.2, 0.25) is 0 Å². The summed E-state index contributed by atoms with van der Waals surface area (Å²) >= 11 is 0. The molecule has 0 unspecified atom stereocenters. The van der Waals surface area contributed by atoms with Crippen molar-refractivity contribution in [2.45, 2.75) is 26.2 Å². The first-order chi connectivity index (χ1) is 5.95. The van der Waals surface area contributed by atoms with Crippen LogP contribution in [0.1, 0.15) is 26.2 Å². The minimum Gasteiger partial charge on any atom is -0.356 e. The molecule has 0 aromatic rings. The minimum atomic E-state index is -3.01. The molecule has 0 aromatic carbocycles. The van der Waals surface area contributed by atoms with Crippen LogP contribution in [0.3, 0.4) is 0 Å². The number of amides is 1. The van der Waals surface area contributed by atoms with Crippen LogP contribution in [-0.2, 0) is 14.6 Å². The first kappa shape index (κ1) is 12.4. The molecule has 78 valence electrons. The van der Waals surface area contributed by atoms with Crippen molar-refractivity contribution in [3.63, 3.8) is 0 Å². The highest BCUT2D eigenvalue weighted by Crippen LogP contribution is 1.89. The second kappa shape index (κ2) is 5.96. The smallest absolute Gasteiger partial charge is 0.221 e. The maximum absolute atomic E-state index is 11.0. The van der Waals surface area contributed by atoms with Crippen LogP contribution in [0.15, 0.2) is 0 Å². The Morgan fingerprint density at radius 3 is 2.46 bits per heavy atom.